The molecule has 0 aliphatic heterocycles. The van der Waals surface area contributed by atoms with Crippen molar-refractivity contribution in [1.29, 1.82) is 0 Å². The number of hydrogen-bond acceptors (Lipinski definition) is 7. The molecule has 0 aliphatic carbocycles. The van der Waals surface area contributed by atoms with Crippen molar-refractivity contribution in [2.75, 3.05) is 24.4 Å². The Morgan fingerprint density at radius 2 is 1.44 bits per heavy atom. The van der Waals surface area contributed by atoms with E-state index in [1.54, 1.807) is 54.6 Å². The number of nitro benzene ring substituents is 1. The number of carbonyl (C=O) groups is 2. The maximum atomic E-state index is 12.6. The SMILES string of the molecule is COc1ccccc1NC(=O)COc1ccccc1NC(=O)[C@@H](C)Oc1ccccc1[N+](=O)[O-]. The number of nitro groups is 1. The van der Waals surface area contributed by atoms with Crippen LogP contribution in [0.4, 0.5) is 17.1 Å². The minimum Gasteiger partial charge on any atom is -0.495 e. The van der Waals surface area contributed by atoms with Gasteiger partial charge in [0.05, 0.1) is 23.4 Å². The van der Waals surface area contributed by atoms with E-state index in [0.717, 1.165) is 0 Å². The number of benzene rings is 3. The minimum atomic E-state index is -1.04. The molecule has 0 fully saturated rings. The normalized spacial score (nSPS) is 11.1. The zero-order chi connectivity index (χ0) is 24.5. The molecule has 1 atom stereocenters. The average Bonchev–Trinajstić information content (AvgIpc) is 2.84. The molecule has 0 spiro atoms. The fraction of sp³-hybridized carbons (Fsp3) is 0.167. The molecule has 0 saturated carbocycles. The number of nitrogens with zero attached hydrogens (tertiary/aromatic N) is 1. The number of ether oxygens (including phenoxy) is 3. The summed E-state index contributed by atoms with van der Waals surface area (Å²) < 4.78 is 16.3. The van der Waals surface area contributed by atoms with Crippen LogP contribution in [0, 0.1) is 10.1 Å². The summed E-state index contributed by atoms with van der Waals surface area (Å²) in [5, 5.41) is 16.5. The molecule has 176 valence electrons. The molecule has 10 heteroatoms. The Kier molecular flexibility index (Phi) is 8.01. The third kappa shape index (κ3) is 6.22. The fourth-order valence-corrected chi connectivity index (χ4v) is 2.96. The smallest absolute Gasteiger partial charge is 0.310 e. The second kappa shape index (κ2) is 11.3. The lowest BCUT2D eigenvalue weighted by Gasteiger charge is -2.17. The highest BCUT2D eigenvalue weighted by atomic mass is 16.6. The maximum absolute atomic E-state index is 12.6. The van der Waals surface area contributed by atoms with Crippen LogP contribution in [0.2, 0.25) is 0 Å². The number of methoxy groups -OCH3 is 1. The van der Waals surface area contributed by atoms with Gasteiger partial charge in [-0.3, -0.25) is 19.7 Å². The van der Waals surface area contributed by atoms with Crippen LogP contribution < -0.4 is 24.8 Å². The van der Waals surface area contributed by atoms with Crippen LogP contribution in [0.3, 0.4) is 0 Å². The molecule has 0 aromatic heterocycles. The first-order valence-corrected chi connectivity index (χ1v) is 10.2. The van der Waals surface area contributed by atoms with Crippen molar-refractivity contribution in [3.05, 3.63) is 82.9 Å². The molecule has 0 saturated heterocycles. The van der Waals surface area contributed by atoms with E-state index in [4.69, 9.17) is 14.2 Å². The highest BCUT2D eigenvalue weighted by Crippen LogP contribution is 2.28. The molecule has 3 rings (SSSR count). The number of hydrogen-bond donors (Lipinski definition) is 2. The maximum Gasteiger partial charge on any atom is 0.310 e. The van der Waals surface area contributed by atoms with Crippen LogP contribution in [-0.4, -0.2) is 36.6 Å². The van der Waals surface area contributed by atoms with E-state index < -0.39 is 22.8 Å². The minimum absolute atomic E-state index is 0.0207. The van der Waals surface area contributed by atoms with Gasteiger partial charge in [0.15, 0.2) is 18.5 Å². The van der Waals surface area contributed by atoms with E-state index in [2.05, 4.69) is 10.6 Å². The van der Waals surface area contributed by atoms with Crippen LogP contribution in [0.15, 0.2) is 72.8 Å². The molecule has 3 aromatic rings. The van der Waals surface area contributed by atoms with E-state index in [9.17, 15) is 19.7 Å². The first kappa shape index (κ1) is 24.1. The molecule has 3 aromatic carbocycles. The summed E-state index contributed by atoms with van der Waals surface area (Å²) in [5.41, 5.74) is 0.573. The standard InChI is InChI=1S/C24H23N3O7/c1-16(34-22-14-8-5-11-19(22)27(30)31)24(29)26-18-10-4-7-13-21(18)33-15-23(28)25-17-9-3-6-12-20(17)32-2/h3-14,16H,15H2,1-2H3,(H,25,28)(H,26,29)/t16-/m1/s1. The van der Waals surface area contributed by atoms with Gasteiger partial charge in [-0.1, -0.05) is 36.4 Å². The van der Waals surface area contributed by atoms with Crippen molar-refractivity contribution in [1.82, 2.24) is 0 Å². The van der Waals surface area contributed by atoms with Gasteiger partial charge in [0.25, 0.3) is 11.8 Å². The lowest BCUT2D eigenvalue weighted by Crippen LogP contribution is -2.30. The lowest BCUT2D eigenvalue weighted by molar-refractivity contribution is -0.386. The molecule has 2 N–H and O–H groups in total. The zero-order valence-corrected chi connectivity index (χ0v) is 18.5. The molecule has 0 radical (unpaired) electrons. The van der Waals surface area contributed by atoms with Crippen LogP contribution in [-0.2, 0) is 9.59 Å². The van der Waals surface area contributed by atoms with Crippen LogP contribution in [0.5, 0.6) is 17.2 Å². The molecular weight excluding hydrogens is 442 g/mol. The number of carbonyl (C=O) groups excluding carboxylic acids is 2. The van der Waals surface area contributed by atoms with Crippen LogP contribution in [0.25, 0.3) is 0 Å². The summed E-state index contributed by atoms with van der Waals surface area (Å²) in [6, 6.07) is 19.3. The van der Waals surface area contributed by atoms with E-state index in [1.165, 1.54) is 32.2 Å². The second-order valence-corrected chi connectivity index (χ2v) is 7.01. The van der Waals surface area contributed by atoms with Crippen molar-refractivity contribution < 1.29 is 28.7 Å². The van der Waals surface area contributed by atoms with Gasteiger partial charge < -0.3 is 24.8 Å². The predicted molar refractivity (Wildman–Crippen MR) is 125 cm³/mol. The Morgan fingerprint density at radius 1 is 0.882 bits per heavy atom. The first-order valence-electron chi connectivity index (χ1n) is 10.2. The van der Waals surface area contributed by atoms with Crippen molar-refractivity contribution in [2.45, 2.75) is 13.0 Å². The van der Waals surface area contributed by atoms with Crippen molar-refractivity contribution in [3.8, 4) is 17.2 Å². The molecule has 10 nitrogen and oxygen atoms in total. The Bertz CT molecular complexity index is 1180. The Morgan fingerprint density at radius 3 is 2.09 bits per heavy atom. The van der Waals surface area contributed by atoms with Gasteiger partial charge in [-0.05, 0) is 37.3 Å². The number of para-hydroxylation sites is 6. The summed E-state index contributed by atoms with van der Waals surface area (Å²) in [4.78, 5) is 35.5. The van der Waals surface area contributed by atoms with Crippen LogP contribution >= 0.6 is 0 Å². The zero-order valence-electron chi connectivity index (χ0n) is 18.5. The van der Waals surface area contributed by atoms with Crippen molar-refractivity contribution >= 4 is 28.9 Å². The lowest BCUT2D eigenvalue weighted by atomic mass is 10.2. The van der Waals surface area contributed by atoms with Crippen molar-refractivity contribution in [3.63, 3.8) is 0 Å². The summed E-state index contributed by atoms with van der Waals surface area (Å²) in [6.07, 6.45) is -1.04. The van der Waals surface area contributed by atoms with Gasteiger partial charge in [0, 0.05) is 6.07 Å². The largest absolute Gasteiger partial charge is 0.495 e. The Balaban J connectivity index is 1.62. The highest BCUT2D eigenvalue weighted by molar-refractivity contribution is 5.96. The summed E-state index contributed by atoms with van der Waals surface area (Å²) >= 11 is 0. The molecule has 0 aliphatic rings. The summed E-state index contributed by atoms with van der Waals surface area (Å²) in [5.74, 6) is -0.209. The van der Waals surface area contributed by atoms with Gasteiger partial charge in [0.1, 0.15) is 11.5 Å². The third-order valence-electron chi connectivity index (χ3n) is 4.62. The van der Waals surface area contributed by atoms with Gasteiger partial charge in [-0.25, -0.2) is 0 Å². The quantitative estimate of drug-likeness (QED) is 0.342. The van der Waals surface area contributed by atoms with E-state index in [1.807, 2.05) is 0 Å². The molecule has 0 heterocycles. The van der Waals surface area contributed by atoms with E-state index >= 15 is 0 Å². The Labute approximate surface area is 195 Å². The number of amides is 2. The van der Waals surface area contributed by atoms with Gasteiger partial charge in [-0.15, -0.1) is 0 Å². The Hall–Kier alpha value is -4.60. The monoisotopic (exact) mass is 465 g/mol. The number of anilines is 2. The third-order valence-corrected chi connectivity index (χ3v) is 4.62. The second-order valence-electron chi connectivity index (χ2n) is 7.01. The van der Waals surface area contributed by atoms with E-state index in [0.29, 0.717) is 17.1 Å². The summed E-state index contributed by atoms with van der Waals surface area (Å²) in [6.45, 7) is 1.16. The van der Waals surface area contributed by atoms with Gasteiger partial charge in [0.2, 0.25) is 0 Å². The van der Waals surface area contributed by atoms with Crippen LogP contribution in [0.1, 0.15) is 6.92 Å². The number of nitrogens with one attached hydrogen (secondary N) is 2. The molecule has 0 bridgehead atoms. The molecular formula is C24H23N3O7. The van der Waals surface area contributed by atoms with E-state index in [-0.39, 0.29) is 23.8 Å². The van der Waals surface area contributed by atoms with Gasteiger partial charge in [-0.2, -0.15) is 0 Å². The molecule has 34 heavy (non-hydrogen) atoms. The fourth-order valence-electron chi connectivity index (χ4n) is 2.96. The van der Waals surface area contributed by atoms with Gasteiger partial charge >= 0.3 is 5.69 Å². The number of rotatable bonds is 10. The molecule has 0 unspecified atom stereocenters. The average molecular weight is 465 g/mol. The highest BCUT2D eigenvalue weighted by Gasteiger charge is 2.21. The molecule has 2 amide bonds. The predicted octanol–water partition coefficient (Wildman–Crippen LogP) is 4.03. The summed E-state index contributed by atoms with van der Waals surface area (Å²) in [7, 11) is 1.50. The first-order chi connectivity index (χ1) is 16.4. The van der Waals surface area contributed by atoms with Crippen molar-refractivity contribution in [2.24, 2.45) is 0 Å². The topological polar surface area (TPSA) is 129 Å².